The van der Waals surface area contributed by atoms with Crippen LogP contribution >= 0.6 is 0 Å². The predicted octanol–water partition coefficient (Wildman–Crippen LogP) is 1.45. The van der Waals surface area contributed by atoms with Gasteiger partial charge in [-0.1, -0.05) is 6.92 Å². The Bertz CT molecular complexity index is 297. The first-order chi connectivity index (χ1) is 8.79. The first kappa shape index (κ1) is 16.2. The first-order valence-electron chi connectivity index (χ1n) is 6.47. The van der Waals surface area contributed by atoms with Gasteiger partial charge >= 0.3 is 6.18 Å². The molecule has 1 aliphatic rings. The van der Waals surface area contributed by atoms with Crippen LogP contribution in [0.15, 0.2) is 0 Å². The second kappa shape index (κ2) is 7.09. The summed E-state index contributed by atoms with van der Waals surface area (Å²) in [5.41, 5.74) is 5.81. The van der Waals surface area contributed by atoms with Crippen molar-refractivity contribution in [3.63, 3.8) is 0 Å². The minimum atomic E-state index is -4.32. The number of amides is 1. The summed E-state index contributed by atoms with van der Waals surface area (Å²) in [5, 5.41) is 2.61. The normalized spacial score (nSPS) is 28.2. The molecule has 0 aromatic rings. The van der Waals surface area contributed by atoms with Gasteiger partial charge in [-0.25, -0.2) is 0 Å². The van der Waals surface area contributed by atoms with Crippen LogP contribution in [0.2, 0.25) is 0 Å². The Labute approximate surface area is 110 Å². The van der Waals surface area contributed by atoms with E-state index in [1.54, 1.807) is 0 Å². The highest BCUT2D eigenvalue weighted by Crippen LogP contribution is 2.29. The molecule has 3 unspecified atom stereocenters. The van der Waals surface area contributed by atoms with Crippen LogP contribution in [-0.2, 0) is 9.53 Å². The monoisotopic (exact) mass is 282 g/mol. The van der Waals surface area contributed by atoms with Crippen molar-refractivity contribution in [3.8, 4) is 0 Å². The molecule has 3 N–H and O–H groups in total. The molecule has 19 heavy (non-hydrogen) atoms. The third-order valence-electron chi connectivity index (χ3n) is 3.36. The summed E-state index contributed by atoms with van der Waals surface area (Å²) < 4.78 is 39.8. The number of nitrogens with one attached hydrogen (secondary N) is 1. The summed E-state index contributed by atoms with van der Waals surface area (Å²) in [5.74, 6) is -0.00253. The van der Waals surface area contributed by atoms with Gasteiger partial charge < -0.3 is 15.8 Å². The summed E-state index contributed by atoms with van der Waals surface area (Å²) in [6.07, 6.45) is -1.97. The molecule has 0 aliphatic heterocycles. The Morgan fingerprint density at radius 2 is 2.11 bits per heavy atom. The lowest BCUT2D eigenvalue weighted by Crippen LogP contribution is -2.41. The molecule has 0 spiro atoms. The van der Waals surface area contributed by atoms with E-state index in [2.05, 4.69) is 10.1 Å². The van der Waals surface area contributed by atoms with E-state index < -0.39 is 12.8 Å². The highest BCUT2D eigenvalue weighted by molar-refractivity contribution is 5.79. The molecule has 1 amide bonds. The Balaban J connectivity index is 2.17. The summed E-state index contributed by atoms with van der Waals surface area (Å²) in [6.45, 7) is 0.664. The lowest BCUT2D eigenvalue weighted by atomic mass is 9.78. The highest BCUT2D eigenvalue weighted by Gasteiger charge is 2.31. The van der Waals surface area contributed by atoms with Gasteiger partial charge in [-0.05, 0) is 25.2 Å². The van der Waals surface area contributed by atoms with E-state index in [4.69, 9.17) is 5.73 Å². The molecule has 112 valence electrons. The lowest BCUT2D eigenvalue weighted by molar-refractivity contribution is -0.173. The van der Waals surface area contributed by atoms with Gasteiger partial charge in [-0.3, -0.25) is 4.79 Å². The van der Waals surface area contributed by atoms with Gasteiger partial charge in [0, 0.05) is 18.5 Å². The van der Waals surface area contributed by atoms with E-state index in [9.17, 15) is 18.0 Å². The third-order valence-corrected chi connectivity index (χ3v) is 3.36. The number of halogens is 3. The Morgan fingerprint density at radius 3 is 2.68 bits per heavy atom. The molecular weight excluding hydrogens is 261 g/mol. The van der Waals surface area contributed by atoms with Crippen LogP contribution in [-0.4, -0.2) is 37.9 Å². The topological polar surface area (TPSA) is 64.4 Å². The van der Waals surface area contributed by atoms with Gasteiger partial charge in [-0.2, -0.15) is 13.2 Å². The fraction of sp³-hybridized carbons (Fsp3) is 0.917. The summed E-state index contributed by atoms with van der Waals surface area (Å²) in [7, 11) is 0. The van der Waals surface area contributed by atoms with Crippen LogP contribution in [0.1, 0.15) is 26.2 Å². The van der Waals surface area contributed by atoms with Crippen LogP contribution in [0.5, 0.6) is 0 Å². The minimum Gasteiger partial charge on any atom is -0.370 e. The highest BCUT2D eigenvalue weighted by atomic mass is 19.4. The Hall–Kier alpha value is -0.820. The maximum absolute atomic E-state index is 11.8. The van der Waals surface area contributed by atoms with Crippen LogP contribution in [0.4, 0.5) is 13.2 Å². The van der Waals surface area contributed by atoms with Gasteiger partial charge in [-0.15, -0.1) is 0 Å². The van der Waals surface area contributed by atoms with Gasteiger partial charge in [0.25, 0.3) is 0 Å². The smallest absolute Gasteiger partial charge is 0.370 e. The van der Waals surface area contributed by atoms with Crippen molar-refractivity contribution in [2.75, 3.05) is 19.8 Å². The van der Waals surface area contributed by atoms with Crippen LogP contribution in [0.25, 0.3) is 0 Å². The van der Waals surface area contributed by atoms with E-state index in [0.29, 0.717) is 0 Å². The molecule has 0 saturated heterocycles. The Kier molecular flexibility index (Phi) is 6.06. The SMILES string of the molecule is CC1CC(N)CCC1C(=O)NCCOCC(F)(F)F. The third kappa shape index (κ3) is 6.24. The maximum Gasteiger partial charge on any atom is 0.411 e. The van der Waals surface area contributed by atoms with Gasteiger partial charge in [0.2, 0.25) is 5.91 Å². The Morgan fingerprint density at radius 1 is 1.42 bits per heavy atom. The van der Waals surface area contributed by atoms with Gasteiger partial charge in [0.1, 0.15) is 6.61 Å². The van der Waals surface area contributed by atoms with E-state index in [1.165, 1.54) is 0 Å². The second-order valence-corrected chi connectivity index (χ2v) is 5.12. The molecule has 3 atom stereocenters. The van der Waals surface area contributed by atoms with Crippen LogP contribution < -0.4 is 11.1 Å². The molecule has 4 nitrogen and oxygen atoms in total. The fourth-order valence-electron chi connectivity index (χ4n) is 2.39. The van der Waals surface area contributed by atoms with Gasteiger partial charge in [0.15, 0.2) is 0 Å². The lowest BCUT2D eigenvalue weighted by Gasteiger charge is -2.31. The zero-order valence-electron chi connectivity index (χ0n) is 11.0. The maximum atomic E-state index is 11.8. The molecule has 0 heterocycles. The first-order valence-corrected chi connectivity index (χ1v) is 6.47. The number of hydrogen-bond acceptors (Lipinski definition) is 3. The number of rotatable bonds is 5. The molecule has 0 aromatic heterocycles. The van der Waals surface area contributed by atoms with E-state index in [1.807, 2.05) is 6.92 Å². The van der Waals surface area contributed by atoms with Crippen molar-refractivity contribution >= 4 is 5.91 Å². The zero-order valence-corrected chi connectivity index (χ0v) is 11.0. The second-order valence-electron chi connectivity index (χ2n) is 5.12. The molecule has 1 aliphatic carbocycles. The zero-order chi connectivity index (χ0) is 14.5. The van der Waals surface area contributed by atoms with Crippen molar-refractivity contribution in [1.29, 1.82) is 0 Å². The molecule has 0 aromatic carbocycles. The standard InChI is InChI=1S/C12H21F3N2O2/c1-8-6-9(16)2-3-10(8)11(18)17-4-5-19-7-12(13,14)15/h8-10H,2-7,16H2,1H3,(H,17,18). The number of nitrogens with two attached hydrogens (primary N) is 1. The largest absolute Gasteiger partial charge is 0.411 e. The molecule has 1 saturated carbocycles. The summed E-state index contributed by atoms with van der Waals surface area (Å²) >= 11 is 0. The van der Waals surface area contributed by atoms with Crippen molar-refractivity contribution in [2.24, 2.45) is 17.6 Å². The average Bonchev–Trinajstić information content (AvgIpc) is 2.26. The van der Waals surface area contributed by atoms with Gasteiger partial charge in [0.05, 0.1) is 6.61 Å². The molecule has 1 fully saturated rings. The van der Waals surface area contributed by atoms with E-state index >= 15 is 0 Å². The number of alkyl halides is 3. The van der Waals surface area contributed by atoms with Crippen molar-refractivity contribution in [1.82, 2.24) is 5.32 Å². The van der Waals surface area contributed by atoms with Crippen molar-refractivity contribution in [2.45, 2.75) is 38.4 Å². The molecule has 7 heteroatoms. The van der Waals surface area contributed by atoms with Crippen LogP contribution in [0.3, 0.4) is 0 Å². The predicted molar refractivity (Wildman–Crippen MR) is 64.4 cm³/mol. The average molecular weight is 282 g/mol. The van der Waals surface area contributed by atoms with Crippen molar-refractivity contribution < 1.29 is 22.7 Å². The minimum absolute atomic E-state index is 0.0950. The quantitative estimate of drug-likeness (QED) is 0.750. The molecule has 0 bridgehead atoms. The number of ether oxygens (including phenoxy) is 1. The van der Waals surface area contributed by atoms with E-state index in [-0.39, 0.29) is 36.9 Å². The number of carbonyl (C=O) groups excluding carboxylic acids is 1. The molecular formula is C12H21F3N2O2. The summed E-state index contributed by atoms with van der Waals surface area (Å²) in [6, 6.07) is 0.147. The van der Waals surface area contributed by atoms with Crippen molar-refractivity contribution in [3.05, 3.63) is 0 Å². The molecule has 1 rings (SSSR count). The van der Waals surface area contributed by atoms with Crippen LogP contribution in [0, 0.1) is 11.8 Å². The summed E-state index contributed by atoms with van der Waals surface area (Å²) in [4.78, 5) is 11.8. The number of hydrogen-bond donors (Lipinski definition) is 2. The fourth-order valence-corrected chi connectivity index (χ4v) is 2.39. The molecule has 0 radical (unpaired) electrons. The number of carbonyl (C=O) groups is 1. The van der Waals surface area contributed by atoms with E-state index in [0.717, 1.165) is 19.3 Å².